The molecule has 62 heavy (non-hydrogen) atoms. The zero-order chi connectivity index (χ0) is 45.4. The highest BCUT2D eigenvalue weighted by molar-refractivity contribution is 5.71. The summed E-state index contributed by atoms with van der Waals surface area (Å²) in [5, 5.41) is 0. The lowest BCUT2D eigenvalue weighted by atomic mass is 9.99. The van der Waals surface area contributed by atoms with Gasteiger partial charge >= 0.3 is 17.9 Å². The van der Waals surface area contributed by atoms with Crippen LogP contribution in [0.5, 0.6) is 0 Å². The molecule has 0 aliphatic carbocycles. The molecule has 0 rings (SSSR count). The Kier molecular flexibility index (Phi) is 47.6. The number of esters is 3. The van der Waals surface area contributed by atoms with Crippen LogP contribution in [0.25, 0.3) is 0 Å². The van der Waals surface area contributed by atoms with E-state index in [2.05, 4.69) is 34.6 Å². The van der Waals surface area contributed by atoms with E-state index >= 15 is 0 Å². The van der Waals surface area contributed by atoms with Gasteiger partial charge in [-0.05, 0) is 31.1 Å². The van der Waals surface area contributed by atoms with Crippen LogP contribution in [-0.4, -0.2) is 37.2 Å². The molecule has 0 heterocycles. The van der Waals surface area contributed by atoms with Crippen LogP contribution in [0.3, 0.4) is 0 Å². The monoisotopic (exact) mass is 877 g/mol. The number of carbonyl (C=O) groups excluding carboxylic acids is 3. The fourth-order valence-corrected chi connectivity index (χ4v) is 8.49. The first-order valence-electron chi connectivity index (χ1n) is 27.8. The highest BCUT2D eigenvalue weighted by Gasteiger charge is 2.19. The molecule has 0 bridgehead atoms. The normalized spacial score (nSPS) is 12.5. The van der Waals surface area contributed by atoms with Crippen molar-refractivity contribution in [3.05, 3.63) is 0 Å². The minimum atomic E-state index is -0.762. The van der Waals surface area contributed by atoms with Gasteiger partial charge in [0.15, 0.2) is 6.10 Å². The third-order valence-electron chi connectivity index (χ3n) is 13.1. The van der Waals surface area contributed by atoms with Gasteiger partial charge in [0.2, 0.25) is 0 Å². The van der Waals surface area contributed by atoms with Crippen molar-refractivity contribution in [1.82, 2.24) is 0 Å². The van der Waals surface area contributed by atoms with E-state index in [1.165, 1.54) is 199 Å². The zero-order valence-electron chi connectivity index (χ0n) is 42.5. The molecular formula is C56H108O6. The molecule has 2 atom stereocenters. The SMILES string of the molecule is CCCCCCCCCCCCCCCCCC(=O)OC[C@H](COC(=O)CCCCCCCCCCC(C)C)OC(=O)CCCCCCCCCCCCCCCCC(C)CC. The maximum absolute atomic E-state index is 12.8. The van der Waals surface area contributed by atoms with Gasteiger partial charge in [-0.2, -0.15) is 0 Å². The van der Waals surface area contributed by atoms with Crippen LogP contribution in [0.4, 0.5) is 0 Å². The van der Waals surface area contributed by atoms with Crippen molar-refractivity contribution in [2.45, 2.75) is 317 Å². The lowest BCUT2D eigenvalue weighted by molar-refractivity contribution is -0.167. The summed E-state index contributed by atoms with van der Waals surface area (Å²) in [6.07, 6.45) is 50.9. The van der Waals surface area contributed by atoms with Gasteiger partial charge in [-0.1, -0.05) is 272 Å². The van der Waals surface area contributed by atoms with Gasteiger partial charge in [0.25, 0.3) is 0 Å². The number of rotatable bonds is 50. The van der Waals surface area contributed by atoms with E-state index in [-0.39, 0.29) is 31.1 Å². The van der Waals surface area contributed by atoms with Crippen molar-refractivity contribution in [1.29, 1.82) is 0 Å². The first-order chi connectivity index (χ1) is 30.3. The Hall–Kier alpha value is -1.59. The van der Waals surface area contributed by atoms with Crippen LogP contribution in [0, 0.1) is 11.8 Å². The Morgan fingerprint density at radius 3 is 0.919 bits per heavy atom. The molecule has 0 radical (unpaired) electrons. The summed E-state index contributed by atoms with van der Waals surface area (Å²) >= 11 is 0. The van der Waals surface area contributed by atoms with E-state index in [1.807, 2.05) is 0 Å². The standard InChI is InChI=1S/C56H108O6/c1-6-8-9-10-11-12-13-14-15-19-22-25-31-36-41-46-54(57)60-49-53(50-61-55(58)47-42-37-32-28-27-29-34-39-44-51(3)4)62-56(59)48-43-38-33-26-23-20-17-16-18-21-24-30-35-40-45-52(5)7-2/h51-53H,6-50H2,1-5H3/t52?,53-/m1/s1. The summed E-state index contributed by atoms with van der Waals surface area (Å²) in [6.45, 7) is 11.4. The lowest BCUT2D eigenvalue weighted by Gasteiger charge is -2.18. The lowest BCUT2D eigenvalue weighted by Crippen LogP contribution is -2.30. The van der Waals surface area contributed by atoms with Crippen LogP contribution >= 0.6 is 0 Å². The molecule has 0 saturated heterocycles. The summed E-state index contributed by atoms with van der Waals surface area (Å²) in [7, 11) is 0. The van der Waals surface area contributed by atoms with Crippen LogP contribution in [0.15, 0.2) is 0 Å². The van der Waals surface area contributed by atoms with Crippen molar-refractivity contribution in [3.8, 4) is 0 Å². The second-order valence-electron chi connectivity index (χ2n) is 19.9. The average Bonchev–Trinajstić information content (AvgIpc) is 3.26. The van der Waals surface area contributed by atoms with E-state index in [9.17, 15) is 14.4 Å². The Labute approximate surface area is 387 Å². The maximum atomic E-state index is 12.8. The van der Waals surface area contributed by atoms with E-state index < -0.39 is 6.10 Å². The number of carbonyl (C=O) groups is 3. The van der Waals surface area contributed by atoms with Crippen LogP contribution in [0.2, 0.25) is 0 Å². The van der Waals surface area contributed by atoms with Gasteiger partial charge in [-0.25, -0.2) is 0 Å². The summed E-state index contributed by atoms with van der Waals surface area (Å²) in [5.74, 6) is 0.846. The van der Waals surface area contributed by atoms with Gasteiger partial charge < -0.3 is 14.2 Å². The predicted octanol–water partition coefficient (Wildman–Crippen LogP) is 18.1. The number of ether oxygens (including phenoxy) is 3. The molecule has 368 valence electrons. The molecule has 0 spiro atoms. The Morgan fingerprint density at radius 1 is 0.339 bits per heavy atom. The quantitative estimate of drug-likeness (QED) is 0.0344. The zero-order valence-corrected chi connectivity index (χ0v) is 42.5. The van der Waals surface area contributed by atoms with Gasteiger partial charge in [0.1, 0.15) is 13.2 Å². The molecule has 0 aromatic carbocycles. The highest BCUT2D eigenvalue weighted by Crippen LogP contribution is 2.18. The molecule has 0 aromatic rings. The smallest absolute Gasteiger partial charge is 0.306 e. The molecule has 0 N–H and O–H groups in total. The van der Waals surface area contributed by atoms with Crippen LogP contribution in [0.1, 0.15) is 311 Å². The molecule has 6 heteroatoms. The first-order valence-corrected chi connectivity index (χ1v) is 27.8. The van der Waals surface area contributed by atoms with Crippen LogP contribution in [-0.2, 0) is 28.6 Å². The minimum absolute atomic E-state index is 0.0633. The molecule has 1 unspecified atom stereocenters. The molecule has 0 amide bonds. The number of hydrogen-bond donors (Lipinski definition) is 0. The van der Waals surface area contributed by atoms with Crippen molar-refractivity contribution >= 4 is 17.9 Å². The summed E-state index contributed by atoms with van der Waals surface area (Å²) in [6, 6.07) is 0. The van der Waals surface area contributed by atoms with Crippen LogP contribution < -0.4 is 0 Å². The maximum Gasteiger partial charge on any atom is 0.306 e. The fourth-order valence-electron chi connectivity index (χ4n) is 8.49. The van der Waals surface area contributed by atoms with E-state index in [1.54, 1.807) is 0 Å². The average molecular weight is 877 g/mol. The fraction of sp³-hybridized carbons (Fsp3) is 0.946. The molecule has 0 aliphatic rings. The van der Waals surface area contributed by atoms with Crippen molar-refractivity contribution in [3.63, 3.8) is 0 Å². The summed E-state index contributed by atoms with van der Waals surface area (Å²) < 4.78 is 16.8. The molecule has 0 aliphatic heterocycles. The second kappa shape index (κ2) is 48.9. The van der Waals surface area contributed by atoms with Crippen molar-refractivity contribution in [2.24, 2.45) is 11.8 Å². The van der Waals surface area contributed by atoms with Gasteiger partial charge in [0.05, 0.1) is 0 Å². The topological polar surface area (TPSA) is 78.9 Å². The molecule has 0 aromatic heterocycles. The highest BCUT2D eigenvalue weighted by atomic mass is 16.6. The minimum Gasteiger partial charge on any atom is -0.462 e. The van der Waals surface area contributed by atoms with Gasteiger partial charge in [0, 0.05) is 19.3 Å². The largest absolute Gasteiger partial charge is 0.462 e. The Morgan fingerprint density at radius 2 is 0.613 bits per heavy atom. The van der Waals surface area contributed by atoms with E-state index in [4.69, 9.17) is 14.2 Å². The summed E-state index contributed by atoms with van der Waals surface area (Å²) in [5.41, 5.74) is 0. The number of hydrogen-bond acceptors (Lipinski definition) is 6. The Balaban J connectivity index is 4.28. The van der Waals surface area contributed by atoms with E-state index in [0.29, 0.717) is 19.3 Å². The first kappa shape index (κ1) is 60.4. The molecular weight excluding hydrogens is 769 g/mol. The summed E-state index contributed by atoms with van der Waals surface area (Å²) in [4.78, 5) is 38.0. The predicted molar refractivity (Wildman–Crippen MR) is 266 cm³/mol. The number of unbranched alkanes of at least 4 members (excludes halogenated alkanes) is 34. The van der Waals surface area contributed by atoms with Crippen molar-refractivity contribution in [2.75, 3.05) is 13.2 Å². The Bertz CT molecular complexity index is 949. The molecule has 0 fully saturated rings. The van der Waals surface area contributed by atoms with Gasteiger partial charge in [-0.3, -0.25) is 14.4 Å². The molecule has 6 nitrogen and oxygen atoms in total. The van der Waals surface area contributed by atoms with Gasteiger partial charge in [-0.15, -0.1) is 0 Å². The van der Waals surface area contributed by atoms with E-state index in [0.717, 1.165) is 69.6 Å². The molecule has 0 saturated carbocycles. The van der Waals surface area contributed by atoms with Crippen molar-refractivity contribution < 1.29 is 28.6 Å². The third kappa shape index (κ3) is 47.9. The second-order valence-corrected chi connectivity index (χ2v) is 19.9. The third-order valence-corrected chi connectivity index (χ3v) is 13.1.